The minimum Gasteiger partial charge on any atom is -0.366 e. The molecule has 0 aliphatic carbocycles. The van der Waals surface area contributed by atoms with E-state index in [2.05, 4.69) is 10.4 Å². The number of carbonyl (C=O) groups excluding carboxylic acids is 2. The van der Waals surface area contributed by atoms with Crippen LogP contribution in [-0.4, -0.2) is 21.6 Å². The molecule has 7 heteroatoms. The first-order chi connectivity index (χ1) is 13.5. The summed E-state index contributed by atoms with van der Waals surface area (Å²) in [5.41, 5.74) is 8.43. The molecule has 2 aromatic carbocycles. The van der Waals surface area contributed by atoms with Crippen molar-refractivity contribution in [2.24, 2.45) is 5.73 Å². The molecule has 0 saturated heterocycles. The number of hydrogen-bond donors (Lipinski definition) is 2. The highest BCUT2D eigenvalue weighted by Gasteiger charge is 2.17. The Morgan fingerprint density at radius 2 is 1.82 bits per heavy atom. The number of para-hydroxylation sites is 1. The average Bonchev–Trinajstić information content (AvgIpc) is 3.28. The van der Waals surface area contributed by atoms with Crippen molar-refractivity contribution < 1.29 is 9.59 Å². The maximum Gasteiger partial charge on any atom is 0.261 e. The largest absolute Gasteiger partial charge is 0.366 e. The van der Waals surface area contributed by atoms with Gasteiger partial charge >= 0.3 is 0 Å². The van der Waals surface area contributed by atoms with Crippen molar-refractivity contribution in [3.63, 3.8) is 0 Å². The van der Waals surface area contributed by atoms with Crippen LogP contribution in [0.2, 0.25) is 0 Å². The Hall–Kier alpha value is -3.45. The quantitative estimate of drug-likeness (QED) is 0.547. The van der Waals surface area contributed by atoms with Crippen LogP contribution in [-0.2, 0) is 6.54 Å². The lowest BCUT2D eigenvalue weighted by Gasteiger charge is -2.05. The summed E-state index contributed by atoms with van der Waals surface area (Å²) in [6.45, 7) is 2.31. The SMILES string of the molecule is Cc1nn(-c2ccccc2)c2sc(C(=O)NCc3ccc(C(N)=O)cc3)cc12. The van der Waals surface area contributed by atoms with Crippen LogP contribution in [0, 0.1) is 6.92 Å². The Labute approximate surface area is 165 Å². The first kappa shape index (κ1) is 17.9. The molecule has 2 amide bonds. The average molecular weight is 390 g/mol. The van der Waals surface area contributed by atoms with E-state index in [1.807, 2.05) is 48.0 Å². The Kier molecular flexibility index (Phi) is 4.67. The first-order valence-corrected chi connectivity index (χ1v) is 9.56. The van der Waals surface area contributed by atoms with Crippen molar-refractivity contribution in [3.05, 3.63) is 82.4 Å². The van der Waals surface area contributed by atoms with Crippen LogP contribution in [0.25, 0.3) is 15.9 Å². The highest BCUT2D eigenvalue weighted by Crippen LogP contribution is 2.30. The molecule has 0 atom stereocenters. The molecule has 0 aliphatic rings. The fourth-order valence-corrected chi connectivity index (χ4v) is 4.06. The summed E-state index contributed by atoms with van der Waals surface area (Å²) in [5, 5.41) is 8.49. The predicted molar refractivity (Wildman–Crippen MR) is 110 cm³/mol. The monoisotopic (exact) mass is 390 g/mol. The lowest BCUT2D eigenvalue weighted by atomic mass is 10.1. The summed E-state index contributed by atoms with van der Waals surface area (Å²) in [6, 6.07) is 18.6. The van der Waals surface area contributed by atoms with Crippen LogP contribution in [0.15, 0.2) is 60.7 Å². The summed E-state index contributed by atoms with van der Waals surface area (Å²) in [6.07, 6.45) is 0. The van der Waals surface area contributed by atoms with Gasteiger partial charge in [0.05, 0.1) is 16.3 Å². The number of rotatable bonds is 5. The molecule has 0 unspecified atom stereocenters. The fraction of sp³-hybridized carbons (Fsp3) is 0.0952. The van der Waals surface area contributed by atoms with Gasteiger partial charge in [0.1, 0.15) is 4.83 Å². The van der Waals surface area contributed by atoms with Crippen LogP contribution in [0.1, 0.15) is 31.3 Å². The lowest BCUT2D eigenvalue weighted by molar-refractivity contribution is 0.0953. The van der Waals surface area contributed by atoms with Gasteiger partial charge in [-0.2, -0.15) is 5.10 Å². The molecule has 0 radical (unpaired) electrons. The Morgan fingerprint density at radius 1 is 1.11 bits per heavy atom. The van der Waals surface area contributed by atoms with Gasteiger partial charge in [-0.3, -0.25) is 9.59 Å². The van der Waals surface area contributed by atoms with Gasteiger partial charge < -0.3 is 11.1 Å². The van der Waals surface area contributed by atoms with E-state index in [1.165, 1.54) is 11.3 Å². The van der Waals surface area contributed by atoms with Crippen molar-refractivity contribution >= 4 is 33.4 Å². The van der Waals surface area contributed by atoms with E-state index in [0.717, 1.165) is 27.2 Å². The third kappa shape index (κ3) is 3.39. The third-order valence-corrected chi connectivity index (χ3v) is 5.57. The lowest BCUT2D eigenvalue weighted by Crippen LogP contribution is -2.21. The number of primary amides is 1. The molecule has 140 valence electrons. The number of thiophene rings is 1. The molecule has 0 aliphatic heterocycles. The molecule has 0 bridgehead atoms. The van der Waals surface area contributed by atoms with Gasteiger partial charge in [-0.15, -0.1) is 11.3 Å². The molecule has 0 fully saturated rings. The van der Waals surface area contributed by atoms with E-state index in [0.29, 0.717) is 17.0 Å². The molecule has 0 spiro atoms. The van der Waals surface area contributed by atoms with Gasteiger partial charge in [-0.05, 0) is 42.8 Å². The first-order valence-electron chi connectivity index (χ1n) is 8.74. The minimum absolute atomic E-state index is 0.140. The fourth-order valence-electron chi connectivity index (χ4n) is 2.96. The predicted octanol–water partition coefficient (Wildman–Crippen LogP) is 3.42. The van der Waals surface area contributed by atoms with Crippen LogP contribution in [0.3, 0.4) is 0 Å². The van der Waals surface area contributed by atoms with E-state index >= 15 is 0 Å². The zero-order valence-electron chi connectivity index (χ0n) is 15.2. The molecule has 28 heavy (non-hydrogen) atoms. The molecular formula is C21H18N4O2S. The number of fused-ring (bicyclic) bond motifs is 1. The molecule has 2 aromatic heterocycles. The van der Waals surface area contributed by atoms with Crippen molar-refractivity contribution in [1.82, 2.24) is 15.1 Å². The number of amides is 2. The minimum atomic E-state index is -0.469. The number of carbonyl (C=O) groups is 2. The van der Waals surface area contributed by atoms with Crippen molar-refractivity contribution in [2.45, 2.75) is 13.5 Å². The highest BCUT2D eigenvalue weighted by atomic mass is 32.1. The van der Waals surface area contributed by atoms with E-state index < -0.39 is 5.91 Å². The van der Waals surface area contributed by atoms with Crippen LogP contribution in [0.4, 0.5) is 0 Å². The molecule has 4 rings (SSSR count). The summed E-state index contributed by atoms with van der Waals surface area (Å²) >= 11 is 1.42. The van der Waals surface area contributed by atoms with Gasteiger partial charge in [0.25, 0.3) is 5.91 Å². The Morgan fingerprint density at radius 3 is 2.50 bits per heavy atom. The molecule has 2 heterocycles. The Bertz CT molecular complexity index is 1160. The van der Waals surface area contributed by atoms with Crippen LogP contribution < -0.4 is 11.1 Å². The number of aromatic nitrogens is 2. The van der Waals surface area contributed by atoms with E-state index in [9.17, 15) is 9.59 Å². The van der Waals surface area contributed by atoms with Gasteiger partial charge in [-0.1, -0.05) is 30.3 Å². The molecule has 3 N–H and O–H groups in total. The van der Waals surface area contributed by atoms with Gasteiger partial charge in [0.2, 0.25) is 5.91 Å². The van der Waals surface area contributed by atoms with E-state index in [4.69, 9.17) is 5.73 Å². The second-order valence-electron chi connectivity index (χ2n) is 6.41. The smallest absolute Gasteiger partial charge is 0.261 e. The normalized spacial score (nSPS) is 10.9. The summed E-state index contributed by atoms with van der Waals surface area (Å²) in [5.74, 6) is -0.608. The second kappa shape index (κ2) is 7.28. The van der Waals surface area contributed by atoms with E-state index in [-0.39, 0.29) is 5.91 Å². The standard InChI is InChI=1S/C21H18N4O2S/c1-13-17-11-18(28-21(17)25(24-13)16-5-3-2-4-6-16)20(27)23-12-14-7-9-15(10-8-14)19(22)26/h2-11H,12H2,1H3,(H2,22,26)(H,23,27). The Balaban J connectivity index is 1.54. The number of aryl methyl sites for hydroxylation is 1. The molecule has 6 nitrogen and oxygen atoms in total. The van der Waals surface area contributed by atoms with Gasteiger partial charge in [0, 0.05) is 17.5 Å². The number of nitrogens with two attached hydrogens (primary N) is 1. The second-order valence-corrected chi connectivity index (χ2v) is 7.44. The number of benzene rings is 2. The number of hydrogen-bond acceptors (Lipinski definition) is 4. The zero-order valence-corrected chi connectivity index (χ0v) is 16.0. The van der Waals surface area contributed by atoms with Crippen molar-refractivity contribution in [1.29, 1.82) is 0 Å². The maximum absolute atomic E-state index is 12.6. The molecule has 0 saturated carbocycles. The summed E-state index contributed by atoms with van der Waals surface area (Å²) in [4.78, 5) is 25.3. The zero-order chi connectivity index (χ0) is 19.7. The molecule has 4 aromatic rings. The number of nitrogens with one attached hydrogen (secondary N) is 1. The summed E-state index contributed by atoms with van der Waals surface area (Å²) < 4.78 is 1.87. The maximum atomic E-state index is 12.6. The summed E-state index contributed by atoms with van der Waals surface area (Å²) in [7, 11) is 0. The molecular weight excluding hydrogens is 372 g/mol. The third-order valence-electron chi connectivity index (χ3n) is 4.46. The van der Waals surface area contributed by atoms with Crippen molar-refractivity contribution in [3.8, 4) is 5.69 Å². The van der Waals surface area contributed by atoms with Gasteiger partial charge in [0.15, 0.2) is 0 Å². The topological polar surface area (TPSA) is 90.0 Å². The van der Waals surface area contributed by atoms with E-state index in [1.54, 1.807) is 24.3 Å². The van der Waals surface area contributed by atoms with Crippen LogP contribution >= 0.6 is 11.3 Å². The van der Waals surface area contributed by atoms with Crippen molar-refractivity contribution in [2.75, 3.05) is 0 Å². The number of nitrogens with zero attached hydrogens (tertiary/aromatic N) is 2. The van der Waals surface area contributed by atoms with Gasteiger partial charge in [-0.25, -0.2) is 4.68 Å². The highest BCUT2D eigenvalue weighted by molar-refractivity contribution is 7.20. The van der Waals surface area contributed by atoms with Crippen LogP contribution in [0.5, 0.6) is 0 Å².